The molecule has 21 heavy (non-hydrogen) atoms. The van der Waals surface area contributed by atoms with Crippen LogP contribution in [0.2, 0.25) is 0 Å². The van der Waals surface area contributed by atoms with Gasteiger partial charge in [0.1, 0.15) is 0 Å². The van der Waals surface area contributed by atoms with E-state index in [0.717, 1.165) is 10.0 Å². The van der Waals surface area contributed by atoms with Gasteiger partial charge in [-0.15, -0.1) is 0 Å². The number of rotatable bonds is 4. The second-order valence-electron chi connectivity index (χ2n) is 4.53. The van der Waals surface area contributed by atoms with Gasteiger partial charge in [-0.25, -0.2) is 0 Å². The first-order valence-electron chi connectivity index (χ1n) is 6.19. The van der Waals surface area contributed by atoms with Crippen molar-refractivity contribution in [3.05, 3.63) is 58.1 Å². The SMILES string of the molecule is NC(=O)Cc1ccc(NC(=O)c2ccc(Br)cc2N)cc1. The summed E-state index contributed by atoms with van der Waals surface area (Å²) >= 11 is 3.29. The van der Waals surface area contributed by atoms with Gasteiger partial charge in [0.25, 0.3) is 5.91 Å². The van der Waals surface area contributed by atoms with Gasteiger partial charge in [-0.05, 0) is 35.9 Å². The van der Waals surface area contributed by atoms with Crippen LogP contribution in [0.3, 0.4) is 0 Å². The predicted octanol–water partition coefficient (Wildman–Crippen LogP) is 2.31. The normalized spacial score (nSPS) is 10.1. The molecule has 0 aliphatic rings. The lowest BCUT2D eigenvalue weighted by molar-refractivity contribution is -0.117. The number of nitrogens with one attached hydrogen (secondary N) is 1. The number of amides is 2. The number of anilines is 2. The summed E-state index contributed by atoms with van der Waals surface area (Å²) in [7, 11) is 0. The third-order valence-electron chi connectivity index (χ3n) is 2.85. The lowest BCUT2D eigenvalue weighted by Gasteiger charge is -2.08. The molecule has 2 aromatic carbocycles. The van der Waals surface area contributed by atoms with Gasteiger partial charge in [0.05, 0.1) is 12.0 Å². The minimum absolute atomic E-state index is 0.174. The summed E-state index contributed by atoms with van der Waals surface area (Å²) in [5.74, 6) is -0.683. The van der Waals surface area contributed by atoms with Gasteiger partial charge in [-0.1, -0.05) is 28.1 Å². The molecule has 0 atom stereocenters. The summed E-state index contributed by atoms with van der Waals surface area (Å²) in [5.41, 5.74) is 13.1. The zero-order chi connectivity index (χ0) is 15.4. The number of benzene rings is 2. The smallest absolute Gasteiger partial charge is 0.257 e. The average molecular weight is 348 g/mol. The zero-order valence-corrected chi connectivity index (χ0v) is 12.7. The van der Waals surface area contributed by atoms with Crippen LogP contribution in [0.25, 0.3) is 0 Å². The third kappa shape index (κ3) is 4.06. The number of hydrogen-bond acceptors (Lipinski definition) is 3. The minimum Gasteiger partial charge on any atom is -0.398 e. The molecule has 0 aliphatic heterocycles. The Balaban J connectivity index is 2.10. The molecule has 0 fully saturated rings. The van der Waals surface area contributed by atoms with Crippen molar-refractivity contribution in [3.8, 4) is 0 Å². The fraction of sp³-hybridized carbons (Fsp3) is 0.0667. The topological polar surface area (TPSA) is 98.2 Å². The number of hydrogen-bond donors (Lipinski definition) is 3. The molecule has 108 valence electrons. The molecule has 0 bridgehead atoms. The average Bonchev–Trinajstić information content (AvgIpc) is 2.40. The Morgan fingerprint density at radius 3 is 2.33 bits per heavy atom. The molecule has 0 radical (unpaired) electrons. The number of nitrogen functional groups attached to an aromatic ring is 1. The van der Waals surface area contributed by atoms with E-state index in [4.69, 9.17) is 11.5 Å². The summed E-state index contributed by atoms with van der Waals surface area (Å²) in [6.07, 6.45) is 0.174. The second kappa shape index (κ2) is 6.41. The summed E-state index contributed by atoms with van der Waals surface area (Å²) < 4.78 is 0.812. The van der Waals surface area contributed by atoms with Crippen molar-refractivity contribution in [2.75, 3.05) is 11.1 Å². The number of carbonyl (C=O) groups excluding carboxylic acids is 2. The summed E-state index contributed by atoms with van der Waals surface area (Å²) in [4.78, 5) is 22.9. The Morgan fingerprint density at radius 1 is 1.10 bits per heavy atom. The fourth-order valence-electron chi connectivity index (χ4n) is 1.85. The van der Waals surface area contributed by atoms with Gasteiger partial charge in [0.2, 0.25) is 5.91 Å². The lowest BCUT2D eigenvalue weighted by Crippen LogP contribution is -2.15. The summed E-state index contributed by atoms with van der Waals surface area (Å²) in [6.45, 7) is 0. The van der Waals surface area contributed by atoms with Crippen LogP contribution in [0.5, 0.6) is 0 Å². The molecule has 6 heteroatoms. The van der Waals surface area contributed by atoms with E-state index < -0.39 is 5.91 Å². The highest BCUT2D eigenvalue weighted by molar-refractivity contribution is 9.10. The van der Waals surface area contributed by atoms with Crippen molar-refractivity contribution < 1.29 is 9.59 Å². The van der Waals surface area contributed by atoms with E-state index in [1.54, 1.807) is 42.5 Å². The van der Waals surface area contributed by atoms with Crippen molar-refractivity contribution in [1.29, 1.82) is 0 Å². The van der Waals surface area contributed by atoms with E-state index in [2.05, 4.69) is 21.2 Å². The molecule has 0 spiro atoms. The monoisotopic (exact) mass is 347 g/mol. The maximum atomic E-state index is 12.1. The van der Waals surface area contributed by atoms with Gasteiger partial charge >= 0.3 is 0 Å². The van der Waals surface area contributed by atoms with E-state index in [9.17, 15) is 9.59 Å². The van der Waals surface area contributed by atoms with Gasteiger partial charge < -0.3 is 16.8 Å². The maximum absolute atomic E-state index is 12.1. The Bertz CT molecular complexity index is 684. The van der Waals surface area contributed by atoms with E-state index in [1.807, 2.05) is 0 Å². The van der Waals surface area contributed by atoms with Crippen LogP contribution >= 0.6 is 15.9 Å². The van der Waals surface area contributed by atoms with Crippen molar-refractivity contribution in [1.82, 2.24) is 0 Å². The van der Waals surface area contributed by atoms with Crippen molar-refractivity contribution >= 4 is 39.1 Å². The Labute approximate surface area is 130 Å². The molecule has 5 nitrogen and oxygen atoms in total. The highest BCUT2D eigenvalue weighted by Crippen LogP contribution is 2.20. The summed E-state index contributed by atoms with van der Waals surface area (Å²) in [6, 6.07) is 12.0. The lowest BCUT2D eigenvalue weighted by atomic mass is 10.1. The molecule has 0 aliphatic carbocycles. The first-order chi connectivity index (χ1) is 9.95. The standard InChI is InChI=1S/C15H14BrN3O2/c16-10-3-6-12(13(17)8-10)15(21)19-11-4-1-9(2-5-11)7-14(18)20/h1-6,8H,7,17H2,(H2,18,20)(H,19,21). The zero-order valence-electron chi connectivity index (χ0n) is 11.1. The van der Waals surface area contributed by atoms with Crippen LogP contribution in [-0.4, -0.2) is 11.8 Å². The quantitative estimate of drug-likeness (QED) is 0.740. The molecule has 2 aromatic rings. The predicted molar refractivity (Wildman–Crippen MR) is 85.8 cm³/mol. The second-order valence-corrected chi connectivity index (χ2v) is 5.44. The highest BCUT2D eigenvalue weighted by Gasteiger charge is 2.10. The molecule has 0 heterocycles. The Kier molecular flexibility index (Phi) is 4.59. The van der Waals surface area contributed by atoms with E-state index in [1.165, 1.54) is 0 Å². The maximum Gasteiger partial charge on any atom is 0.257 e. The van der Waals surface area contributed by atoms with Crippen LogP contribution in [0, 0.1) is 0 Å². The third-order valence-corrected chi connectivity index (χ3v) is 3.34. The molecule has 0 saturated carbocycles. The molecule has 0 aromatic heterocycles. The number of primary amides is 1. The van der Waals surface area contributed by atoms with Crippen molar-refractivity contribution in [2.45, 2.75) is 6.42 Å². The first kappa shape index (κ1) is 15.1. The molecule has 0 saturated heterocycles. The highest BCUT2D eigenvalue weighted by atomic mass is 79.9. The van der Waals surface area contributed by atoms with E-state index in [-0.39, 0.29) is 12.3 Å². The van der Waals surface area contributed by atoms with Crippen molar-refractivity contribution in [3.63, 3.8) is 0 Å². The van der Waals surface area contributed by atoms with Gasteiger partial charge in [-0.2, -0.15) is 0 Å². The van der Waals surface area contributed by atoms with E-state index >= 15 is 0 Å². The summed E-state index contributed by atoms with van der Waals surface area (Å²) in [5, 5.41) is 2.75. The largest absolute Gasteiger partial charge is 0.398 e. The van der Waals surface area contributed by atoms with Crippen molar-refractivity contribution in [2.24, 2.45) is 5.73 Å². The molecule has 2 rings (SSSR count). The number of nitrogens with two attached hydrogens (primary N) is 2. The number of halogens is 1. The minimum atomic E-state index is -0.394. The van der Waals surface area contributed by atoms with Gasteiger partial charge in [0, 0.05) is 15.8 Å². The molecule has 5 N–H and O–H groups in total. The first-order valence-corrected chi connectivity index (χ1v) is 6.98. The van der Waals surface area contributed by atoms with Gasteiger partial charge in [-0.3, -0.25) is 9.59 Å². The molecular formula is C15H14BrN3O2. The van der Waals surface area contributed by atoms with Crippen LogP contribution in [0.4, 0.5) is 11.4 Å². The molecule has 0 unspecified atom stereocenters. The molecular weight excluding hydrogens is 334 g/mol. The Hall–Kier alpha value is -2.34. The van der Waals surface area contributed by atoms with Crippen LogP contribution in [0.1, 0.15) is 15.9 Å². The fourth-order valence-corrected chi connectivity index (χ4v) is 2.22. The van der Waals surface area contributed by atoms with Crippen LogP contribution < -0.4 is 16.8 Å². The number of carbonyl (C=O) groups is 2. The van der Waals surface area contributed by atoms with E-state index in [0.29, 0.717) is 16.9 Å². The van der Waals surface area contributed by atoms with Gasteiger partial charge in [0.15, 0.2) is 0 Å². The van der Waals surface area contributed by atoms with Crippen LogP contribution in [-0.2, 0) is 11.2 Å². The Morgan fingerprint density at radius 2 is 1.76 bits per heavy atom. The van der Waals surface area contributed by atoms with Crippen LogP contribution in [0.15, 0.2) is 46.9 Å². The molecule has 2 amide bonds.